The molecule has 3 aromatic rings. The van der Waals surface area contributed by atoms with Gasteiger partial charge in [-0.05, 0) is 81.8 Å². The van der Waals surface area contributed by atoms with Crippen LogP contribution in [0.25, 0.3) is 0 Å². The number of nitrogens with one attached hydrogen (secondary N) is 2. The molecular formula is C30H34N2O8. The Morgan fingerprint density at radius 1 is 0.675 bits per heavy atom. The van der Waals surface area contributed by atoms with Gasteiger partial charge in [0.2, 0.25) is 5.75 Å². The monoisotopic (exact) mass is 550 g/mol. The molecule has 0 saturated heterocycles. The summed E-state index contributed by atoms with van der Waals surface area (Å²) >= 11 is 0. The van der Waals surface area contributed by atoms with Crippen LogP contribution in [-0.2, 0) is 11.3 Å². The van der Waals surface area contributed by atoms with Crippen LogP contribution in [0, 0.1) is 0 Å². The summed E-state index contributed by atoms with van der Waals surface area (Å²) in [6.07, 6.45) is -0.805. The number of hydrogen-bond acceptors (Lipinski definition) is 8. The first kappa shape index (κ1) is 29.8. The minimum absolute atomic E-state index is 0.206. The van der Waals surface area contributed by atoms with Crippen molar-refractivity contribution >= 4 is 23.7 Å². The topological polar surface area (TPSA) is 121 Å². The van der Waals surface area contributed by atoms with Gasteiger partial charge in [0.05, 0.1) is 26.4 Å². The van der Waals surface area contributed by atoms with Crippen molar-refractivity contribution in [3.8, 4) is 23.0 Å². The number of ether oxygens (including phenoxy) is 5. The van der Waals surface area contributed by atoms with E-state index in [9.17, 15) is 14.4 Å². The Hall–Kier alpha value is -4.73. The molecule has 0 fully saturated rings. The molecule has 0 radical (unpaired) electrons. The maximum Gasteiger partial charge on any atom is 0.513 e. The van der Waals surface area contributed by atoms with Crippen LogP contribution in [0.5, 0.6) is 23.0 Å². The molecule has 0 atom stereocenters. The lowest BCUT2D eigenvalue weighted by atomic mass is 10.1. The van der Waals surface area contributed by atoms with Crippen LogP contribution in [0.2, 0.25) is 0 Å². The highest BCUT2D eigenvalue weighted by molar-refractivity contribution is 6.04. The molecule has 0 spiro atoms. The fraction of sp³-hybridized carbons (Fsp3) is 0.300. The van der Waals surface area contributed by atoms with Gasteiger partial charge in [-0.25, -0.2) is 4.79 Å². The standard InChI is InChI=1S/C30H34N2O8/c1-5-36-25-17-22(18-26(37-6-2)27(25)38-7-3)28(33)31-19-20-9-13-23(14-10-20)32-29(34)21-11-15-24(16-12-21)40-30(35)39-8-4/h9-18H,5-8,19H2,1-4H3,(H,31,33)(H,32,34). The molecule has 10 heteroatoms. The van der Waals surface area contributed by atoms with Crippen LogP contribution >= 0.6 is 0 Å². The number of anilines is 1. The van der Waals surface area contributed by atoms with E-state index in [-0.39, 0.29) is 30.7 Å². The molecule has 0 aromatic heterocycles. The Bertz CT molecular complexity index is 1260. The number of amides is 2. The minimum Gasteiger partial charge on any atom is -0.490 e. The normalized spacial score (nSPS) is 10.3. The van der Waals surface area contributed by atoms with Crippen molar-refractivity contribution in [2.45, 2.75) is 34.2 Å². The van der Waals surface area contributed by atoms with Gasteiger partial charge in [0.1, 0.15) is 5.75 Å². The second-order valence-electron chi connectivity index (χ2n) is 8.24. The average Bonchev–Trinajstić information content (AvgIpc) is 2.94. The van der Waals surface area contributed by atoms with Crippen molar-refractivity contribution in [1.82, 2.24) is 5.32 Å². The predicted molar refractivity (Wildman–Crippen MR) is 150 cm³/mol. The second kappa shape index (κ2) is 15.0. The molecule has 0 bridgehead atoms. The number of hydrogen-bond donors (Lipinski definition) is 2. The Morgan fingerprint density at radius 2 is 1.27 bits per heavy atom. The van der Waals surface area contributed by atoms with E-state index in [1.807, 2.05) is 32.9 Å². The molecule has 3 rings (SSSR count). The minimum atomic E-state index is -0.805. The molecule has 0 aliphatic heterocycles. The molecule has 0 aliphatic carbocycles. The summed E-state index contributed by atoms with van der Waals surface area (Å²) in [7, 11) is 0. The molecule has 2 amide bonds. The molecule has 3 aromatic carbocycles. The van der Waals surface area contributed by atoms with Crippen LogP contribution in [-0.4, -0.2) is 44.4 Å². The zero-order valence-electron chi connectivity index (χ0n) is 23.1. The van der Waals surface area contributed by atoms with Gasteiger partial charge < -0.3 is 34.3 Å². The van der Waals surface area contributed by atoms with Crippen molar-refractivity contribution in [3.63, 3.8) is 0 Å². The molecule has 0 unspecified atom stereocenters. The third-order valence-corrected chi connectivity index (χ3v) is 5.42. The molecule has 0 aliphatic rings. The highest BCUT2D eigenvalue weighted by Gasteiger charge is 2.18. The number of carbonyl (C=O) groups excluding carboxylic acids is 3. The van der Waals surface area contributed by atoms with Crippen LogP contribution in [0.1, 0.15) is 54.0 Å². The van der Waals surface area contributed by atoms with Gasteiger partial charge in [-0.15, -0.1) is 0 Å². The van der Waals surface area contributed by atoms with Gasteiger partial charge in [0, 0.05) is 23.4 Å². The third kappa shape index (κ3) is 8.39. The fourth-order valence-electron chi connectivity index (χ4n) is 3.63. The predicted octanol–water partition coefficient (Wildman–Crippen LogP) is 5.60. The van der Waals surface area contributed by atoms with Crippen molar-refractivity contribution in [1.29, 1.82) is 0 Å². The fourth-order valence-corrected chi connectivity index (χ4v) is 3.63. The molecular weight excluding hydrogens is 516 g/mol. The smallest absolute Gasteiger partial charge is 0.490 e. The lowest BCUT2D eigenvalue weighted by Gasteiger charge is -2.17. The Balaban J connectivity index is 1.60. The Morgan fingerprint density at radius 3 is 1.82 bits per heavy atom. The molecule has 40 heavy (non-hydrogen) atoms. The first-order valence-corrected chi connectivity index (χ1v) is 13.1. The molecule has 2 N–H and O–H groups in total. The summed E-state index contributed by atoms with van der Waals surface area (Å²) in [5.41, 5.74) is 2.20. The van der Waals surface area contributed by atoms with Crippen molar-refractivity contribution < 1.29 is 38.1 Å². The van der Waals surface area contributed by atoms with E-state index in [0.29, 0.717) is 53.9 Å². The van der Waals surface area contributed by atoms with Gasteiger partial charge >= 0.3 is 6.16 Å². The summed E-state index contributed by atoms with van der Waals surface area (Å²) in [4.78, 5) is 36.9. The van der Waals surface area contributed by atoms with Gasteiger partial charge in [0.15, 0.2) is 11.5 Å². The van der Waals surface area contributed by atoms with Crippen molar-refractivity contribution in [3.05, 3.63) is 77.4 Å². The maximum atomic E-state index is 12.9. The van der Waals surface area contributed by atoms with E-state index >= 15 is 0 Å². The average molecular weight is 551 g/mol. The number of rotatable bonds is 13. The summed E-state index contributed by atoms with van der Waals surface area (Å²) in [5, 5.41) is 5.71. The van der Waals surface area contributed by atoms with E-state index in [1.165, 1.54) is 12.1 Å². The Kier molecular flexibility index (Phi) is 11.2. The van der Waals surface area contributed by atoms with Gasteiger partial charge in [-0.3, -0.25) is 9.59 Å². The lowest BCUT2D eigenvalue weighted by molar-refractivity contribution is 0.0948. The van der Waals surface area contributed by atoms with Gasteiger partial charge in [-0.2, -0.15) is 0 Å². The number of carbonyl (C=O) groups is 3. The molecule has 0 saturated carbocycles. The van der Waals surface area contributed by atoms with E-state index < -0.39 is 6.16 Å². The van der Waals surface area contributed by atoms with E-state index in [0.717, 1.165) is 5.56 Å². The highest BCUT2D eigenvalue weighted by atomic mass is 16.7. The molecule has 212 valence electrons. The van der Waals surface area contributed by atoms with E-state index in [2.05, 4.69) is 10.6 Å². The third-order valence-electron chi connectivity index (χ3n) is 5.42. The van der Waals surface area contributed by atoms with Crippen LogP contribution in [0.3, 0.4) is 0 Å². The van der Waals surface area contributed by atoms with E-state index in [4.69, 9.17) is 23.7 Å². The first-order valence-electron chi connectivity index (χ1n) is 13.1. The maximum absolute atomic E-state index is 12.9. The van der Waals surface area contributed by atoms with Gasteiger partial charge in [0.25, 0.3) is 11.8 Å². The van der Waals surface area contributed by atoms with E-state index in [1.54, 1.807) is 43.3 Å². The summed E-state index contributed by atoms with van der Waals surface area (Å²) < 4.78 is 26.8. The zero-order valence-corrected chi connectivity index (χ0v) is 23.1. The van der Waals surface area contributed by atoms with Crippen molar-refractivity contribution in [2.75, 3.05) is 31.7 Å². The SMILES string of the molecule is CCOC(=O)Oc1ccc(C(=O)Nc2ccc(CNC(=O)c3cc(OCC)c(OCC)c(OCC)c3)cc2)cc1. The zero-order chi connectivity index (χ0) is 28.9. The Labute approximate surface area is 233 Å². The number of benzene rings is 3. The van der Waals surface area contributed by atoms with Crippen molar-refractivity contribution in [2.24, 2.45) is 0 Å². The second-order valence-corrected chi connectivity index (χ2v) is 8.24. The quantitative estimate of drug-likeness (QED) is 0.208. The van der Waals surface area contributed by atoms with Gasteiger partial charge in [-0.1, -0.05) is 12.1 Å². The van der Waals surface area contributed by atoms with Crippen LogP contribution in [0.4, 0.5) is 10.5 Å². The largest absolute Gasteiger partial charge is 0.513 e. The van der Waals surface area contributed by atoms with Crippen LogP contribution < -0.4 is 29.6 Å². The summed E-state index contributed by atoms with van der Waals surface area (Å²) in [6.45, 7) is 8.99. The van der Waals surface area contributed by atoms with Crippen LogP contribution in [0.15, 0.2) is 60.7 Å². The summed E-state index contributed by atoms with van der Waals surface area (Å²) in [6, 6.07) is 16.5. The lowest BCUT2D eigenvalue weighted by Crippen LogP contribution is -2.23. The first-order chi connectivity index (χ1) is 19.4. The molecule has 10 nitrogen and oxygen atoms in total. The highest BCUT2D eigenvalue weighted by Crippen LogP contribution is 2.39. The molecule has 0 heterocycles. The summed E-state index contributed by atoms with van der Waals surface area (Å²) in [5.74, 6) is 1.02.